The molecule has 1 aromatic rings. The van der Waals surface area contributed by atoms with Gasteiger partial charge in [-0.1, -0.05) is 15.9 Å². The van der Waals surface area contributed by atoms with E-state index in [1.807, 2.05) is 0 Å². The van der Waals surface area contributed by atoms with Gasteiger partial charge in [-0.15, -0.1) is 0 Å². The van der Waals surface area contributed by atoms with E-state index in [4.69, 9.17) is 0 Å². The summed E-state index contributed by atoms with van der Waals surface area (Å²) in [5.41, 5.74) is 0. The topological polar surface area (TPSA) is 80.3 Å². The van der Waals surface area contributed by atoms with Gasteiger partial charge in [-0.25, -0.2) is 25.9 Å². The minimum Gasteiger partial charge on any atom is -0.229 e. The lowest BCUT2D eigenvalue weighted by atomic mass is 10.3. The Morgan fingerprint density at radius 1 is 1.26 bits per heavy atom. The van der Waals surface area contributed by atoms with E-state index in [2.05, 4.69) is 20.7 Å². The van der Waals surface area contributed by atoms with Crippen molar-refractivity contribution in [3.05, 3.63) is 28.5 Å². The van der Waals surface area contributed by atoms with Crippen LogP contribution >= 0.6 is 15.9 Å². The van der Waals surface area contributed by atoms with Crippen molar-refractivity contribution >= 4 is 35.8 Å². The summed E-state index contributed by atoms with van der Waals surface area (Å²) in [5, 5.41) is 0. The van der Waals surface area contributed by atoms with E-state index in [1.165, 1.54) is 6.07 Å². The number of hydrogen-bond donors (Lipinski definition) is 1. The third kappa shape index (κ3) is 5.55. The lowest BCUT2D eigenvalue weighted by molar-refractivity contribution is 0.555. The SMILES string of the molecule is CS(=O)(=O)CCCNS(=O)(=O)c1ccc(Br)cc1F. The quantitative estimate of drug-likeness (QED) is 0.762. The van der Waals surface area contributed by atoms with Crippen LogP contribution in [0.1, 0.15) is 6.42 Å². The largest absolute Gasteiger partial charge is 0.243 e. The molecule has 0 saturated heterocycles. The Kier molecular flexibility index (Phi) is 5.48. The molecule has 19 heavy (non-hydrogen) atoms. The zero-order chi connectivity index (χ0) is 14.7. The van der Waals surface area contributed by atoms with Crippen LogP contribution in [0.25, 0.3) is 0 Å². The van der Waals surface area contributed by atoms with E-state index in [9.17, 15) is 21.2 Å². The van der Waals surface area contributed by atoms with E-state index in [0.717, 1.165) is 18.4 Å². The van der Waals surface area contributed by atoms with Crippen LogP contribution in [0.3, 0.4) is 0 Å². The molecule has 0 unspecified atom stereocenters. The number of rotatable bonds is 6. The lowest BCUT2D eigenvalue weighted by Crippen LogP contribution is -2.26. The molecule has 108 valence electrons. The number of nitrogens with one attached hydrogen (secondary N) is 1. The monoisotopic (exact) mass is 373 g/mol. The third-order valence-electron chi connectivity index (χ3n) is 2.17. The molecule has 0 spiro atoms. The first-order valence-corrected chi connectivity index (χ1v) is 9.58. The highest BCUT2D eigenvalue weighted by atomic mass is 79.9. The summed E-state index contributed by atoms with van der Waals surface area (Å²) in [4.78, 5) is -0.463. The Hall–Kier alpha value is -0.510. The number of sulfone groups is 1. The molecule has 0 heterocycles. The fourth-order valence-corrected chi connectivity index (χ4v) is 3.45. The number of hydrogen-bond acceptors (Lipinski definition) is 4. The molecule has 0 aliphatic heterocycles. The lowest BCUT2D eigenvalue weighted by Gasteiger charge is -2.07. The summed E-state index contributed by atoms with van der Waals surface area (Å²) in [6, 6.07) is 3.59. The van der Waals surface area contributed by atoms with Gasteiger partial charge in [-0.3, -0.25) is 0 Å². The van der Waals surface area contributed by atoms with Gasteiger partial charge in [-0.05, 0) is 24.6 Å². The summed E-state index contributed by atoms with van der Waals surface area (Å²) in [7, 11) is -7.10. The van der Waals surface area contributed by atoms with Gasteiger partial charge in [0.05, 0.1) is 5.75 Å². The molecule has 0 saturated carbocycles. The minimum absolute atomic E-state index is 0.0646. The van der Waals surface area contributed by atoms with Crippen LogP contribution < -0.4 is 4.72 Å². The highest BCUT2D eigenvalue weighted by molar-refractivity contribution is 9.10. The Bertz CT molecular complexity index is 658. The summed E-state index contributed by atoms with van der Waals surface area (Å²) in [5.74, 6) is -0.997. The van der Waals surface area contributed by atoms with Crippen LogP contribution in [-0.4, -0.2) is 35.4 Å². The van der Waals surface area contributed by atoms with Crippen molar-refractivity contribution in [3.63, 3.8) is 0 Å². The van der Waals surface area contributed by atoms with Crippen molar-refractivity contribution in [1.82, 2.24) is 4.72 Å². The van der Waals surface area contributed by atoms with Crippen molar-refractivity contribution in [3.8, 4) is 0 Å². The molecule has 9 heteroatoms. The smallest absolute Gasteiger partial charge is 0.229 e. The molecule has 0 aromatic heterocycles. The van der Waals surface area contributed by atoms with E-state index in [0.29, 0.717) is 4.47 Å². The average molecular weight is 374 g/mol. The second kappa shape index (κ2) is 6.29. The molecule has 0 radical (unpaired) electrons. The fourth-order valence-electron chi connectivity index (χ4n) is 1.31. The van der Waals surface area contributed by atoms with Crippen molar-refractivity contribution in [2.24, 2.45) is 0 Å². The number of sulfonamides is 1. The van der Waals surface area contributed by atoms with Crippen LogP contribution in [-0.2, 0) is 19.9 Å². The predicted molar refractivity (Wildman–Crippen MR) is 73.6 cm³/mol. The van der Waals surface area contributed by atoms with Gasteiger partial charge >= 0.3 is 0 Å². The van der Waals surface area contributed by atoms with Gasteiger partial charge in [0, 0.05) is 17.3 Å². The zero-order valence-electron chi connectivity index (χ0n) is 10.1. The molecule has 1 rings (SSSR count). The summed E-state index contributed by atoms with van der Waals surface area (Å²) >= 11 is 3.03. The highest BCUT2D eigenvalue weighted by Gasteiger charge is 2.18. The summed E-state index contributed by atoms with van der Waals surface area (Å²) in [6.07, 6.45) is 1.20. The normalized spacial score (nSPS) is 12.6. The maximum absolute atomic E-state index is 13.5. The molecular formula is C10H13BrFNO4S2. The van der Waals surface area contributed by atoms with Gasteiger partial charge < -0.3 is 0 Å². The van der Waals surface area contributed by atoms with Crippen LogP contribution in [0.5, 0.6) is 0 Å². The van der Waals surface area contributed by atoms with Crippen molar-refractivity contribution in [2.45, 2.75) is 11.3 Å². The van der Waals surface area contributed by atoms with E-state index >= 15 is 0 Å². The summed E-state index contributed by atoms with van der Waals surface area (Å²) in [6.45, 7) is -0.0646. The maximum Gasteiger partial charge on any atom is 0.243 e. The van der Waals surface area contributed by atoms with E-state index < -0.39 is 30.6 Å². The number of halogens is 2. The zero-order valence-corrected chi connectivity index (χ0v) is 13.3. The molecule has 0 fully saturated rings. The first-order chi connectivity index (χ1) is 8.62. The van der Waals surface area contributed by atoms with Gasteiger partial charge in [0.1, 0.15) is 20.5 Å². The van der Waals surface area contributed by atoms with Crippen LogP contribution in [0.4, 0.5) is 4.39 Å². The molecule has 1 aromatic carbocycles. The standard InChI is InChI=1S/C10H13BrFNO4S2/c1-18(14,15)6-2-5-13-19(16,17)10-4-3-8(11)7-9(10)12/h3-4,7,13H,2,5-6H2,1H3. The molecule has 5 nitrogen and oxygen atoms in total. The van der Waals surface area contributed by atoms with Crippen LogP contribution in [0, 0.1) is 5.82 Å². The third-order valence-corrected chi connectivity index (χ3v) is 5.19. The molecule has 0 amide bonds. The van der Waals surface area contributed by atoms with Crippen molar-refractivity contribution < 1.29 is 21.2 Å². The van der Waals surface area contributed by atoms with Gasteiger partial charge in [0.25, 0.3) is 0 Å². The molecular weight excluding hydrogens is 361 g/mol. The minimum atomic E-state index is -3.97. The Balaban J connectivity index is 2.71. The second-order valence-electron chi connectivity index (χ2n) is 3.96. The van der Waals surface area contributed by atoms with E-state index in [1.54, 1.807) is 0 Å². The Morgan fingerprint density at radius 2 is 1.89 bits per heavy atom. The predicted octanol–water partition coefficient (Wildman–Crippen LogP) is 1.30. The van der Waals surface area contributed by atoms with Gasteiger partial charge in [0.15, 0.2) is 0 Å². The van der Waals surface area contributed by atoms with E-state index in [-0.39, 0.29) is 18.7 Å². The average Bonchev–Trinajstić information content (AvgIpc) is 2.22. The molecule has 0 bridgehead atoms. The highest BCUT2D eigenvalue weighted by Crippen LogP contribution is 2.19. The fraction of sp³-hybridized carbons (Fsp3) is 0.400. The molecule has 1 N–H and O–H groups in total. The van der Waals surface area contributed by atoms with Gasteiger partial charge in [-0.2, -0.15) is 0 Å². The molecule has 0 atom stereocenters. The Labute approximate surface area is 120 Å². The van der Waals surface area contributed by atoms with Gasteiger partial charge in [0.2, 0.25) is 10.0 Å². The second-order valence-corrected chi connectivity index (χ2v) is 8.87. The maximum atomic E-state index is 13.5. The summed E-state index contributed by atoms with van der Waals surface area (Å²) < 4.78 is 61.4. The Morgan fingerprint density at radius 3 is 2.42 bits per heavy atom. The van der Waals surface area contributed by atoms with Crippen molar-refractivity contribution in [2.75, 3.05) is 18.6 Å². The van der Waals surface area contributed by atoms with Crippen LogP contribution in [0.2, 0.25) is 0 Å². The molecule has 0 aliphatic rings. The first-order valence-electron chi connectivity index (χ1n) is 5.24. The first kappa shape index (κ1) is 16.5. The van der Waals surface area contributed by atoms with Crippen molar-refractivity contribution in [1.29, 1.82) is 0 Å². The number of benzene rings is 1. The van der Waals surface area contributed by atoms with Crippen LogP contribution in [0.15, 0.2) is 27.6 Å². The molecule has 0 aliphatic carbocycles.